The lowest BCUT2D eigenvalue weighted by molar-refractivity contribution is -0.137. The minimum Gasteiger partial charge on any atom is -0.450 e. The molecule has 1 aromatic carbocycles. The fraction of sp³-hybridized carbons (Fsp3) is 0.529. The molecule has 0 radical (unpaired) electrons. The number of carbonyl (C=O) groups excluding carboxylic acids is 2. The first kappa shape index (κ1) is 18.9. The molecule has 0 aromatic heterocycles. The van der Waals surface area contributed by atoms with Gasteiger partial charge < -0.3 is 15.0 Å². The van der Waals surface area contributed by atoms with Crippen LogP contribution in [0.5, 0.6) is 0 Å². The monoisotopic (exact) mass is 324 g/mol. The smallest absolute Gasteiger partial charge is 0.408 e. The zero-order valence-electron chi connectivity index (χ0n) is 14.3. The first-order chi connectivity index (χ1) is 10.8. The third-order valence-corrected chi connectivity index (χ3v) is 3.36. The Morgan fingerprint density at radius 2 is 1.65 bits per heavy atom. The number of benzene rings is 1. The molecular formula is C17H25FN2O3. The highest BCUT2D eigenvalue weighted by atomic mass is 19.1. The first-order valence-corrected chi connectivity index (χ1v) is 7.78. The number of alkyl carbamates (subject to hydrolysis) is 1. The minimum absolute atomic E-state index is 0.0329. The molecule has 0 aliphatic heterocycles. The lowest BCUT2D eigenvalue weighted by atomic mass is 10.0. The summed E-state index contributed by atoms with van der Waals surface area (Å²) in [4.78, 5) is 26.4. The van der Waals surface area contributed by atoms with Crippen LogP contribution in [0.3, 0.4) is 0 Å². The molecule has 0 bridgehead atoms. The van der Waals surface area contributed by atoms with E-state index in [1.165, 1.54) is 24.3 Å². The lowest BCUT2D eigenvalue weighted by Gasteiger charge is -2.34. The van der Waals surface area contributed by atoms with Crippen LogP contribution in [0.15, 0.2) is 24.3 Å². The van der Waals surface area contributed by atoms with Gasteiger partial charge in [-0.15, -0.1) is 0 Å². The molecule has 1 aromatic rings. The number of hydrogen-bond donors (Lipinski definition) is 1. The van der Waals surface area contributed by atoms with E-state index in [-0.39, 0.29) is 24.6 Å². The third-order valence-electron chi connectivity index (χ3n) is 3.36. The number of nitrogens with one attached hydrogen (secondary N) is 1. The van der Waals surface area contributed by atoms with Crippen LogP contribution >= 0.6 is 0 Å². The molecule has 5 nitrogen and oxygen atoms in total. The van der Waals surface area contributed by atoms with E-state index in [1.807, 2.05) is 27.7 Å². The molecular weight excluding hydrogens is 299 g/mol. The van der Waals surface area contributed by atoms with Gasteiger partial charge in [0.15, 0.2) is 0 Å². The molecule has 0 saturated carbocycles. The Balaban J connectivity index is 3.14. The van der Waals surface area contributed by atoms with Gasteiger partial charge in [-0.25, -0.2) is 9.18 Å². The van der Waals surface area contributed by atoms with E-state index < -0.39 is 18.0 Å². The first-order valence-electron chi connectivity index (χ1n) is 7.78. The van der Waals surface area contributed by atoms with E-state index in [0.29, 0.717) is 5.56 Å². The van der Waals surface area contributed by atoms with Crippen molar-refractivity contribution in [2.45, 2.75) is 52.7 Å². The molecule has 0 fully saturated rings. The van der Waals surface area contributed by atoms with Gasteiger partial charge in [0.1, 0.15) is 11.9 Å². The van der Waals surface area contributed by atoms with Crippen molar-refractivity contribution in [3.63, 3.8) is 0 Å². The van der Waals surface area contributed by atoms with Gasteiger partial charge in [-0.3, -0.25) is 4.79 Å². The van der Waals surface area contributed by atoms with Crippen LogP contribution in [0.1, 0.15) is 46.2 Å². The number of ether oxygens (including phenoxy) is 1. The molecule has 1 N–H and O–H groups in total. The zero-order valence-corrected chi connectivity index (χ0v) is 14.3. The van der Waals surface area contributed by atoms with Crippen molar-refractivity contribution in [1.82, 2.24) is 10.2 Å². The molecule has 128 valence electrons. The van der Waals surface area contributed by atoms with Crippen LogP contribution in [0.2, 0.25) is 0 Å². The fourth-order valence-electron chi connectivity index (χ4n) is 2.49. The number of nitrogens with zero attached hydrogens (tertiary/aromatic N) is 1. The van der Waals surface area contributed by atoms with Crippen LogP contribution in [-0.4, -0.2) is 35.6 Å². The number of amides is 2. The molecule has 6 heteroatoms. The predicted molar refractivity (Wildman–Crippen MR) is 86.4 cm³/mol. The van der Waals surface area contributed by atoms with E-state index in [2.05, 4.69) is 5.32 Å². The number of carbonyl (C=O) groups is 2. The van der Waals surface area contributed by atoms with Crippen molar-refractivity contribution in [2.24, 2.45) is 0 Å². The molecule has 0 aliphatic carbocycles. The van der Waals surface area contributed by atoms with Gasteiger partial charge in [-0.2, -0.15) is 0 Å². The molecule has 1 rings (SSSR count). The predicted octanol–water partition coefficient (Wildman–Crippen LogP) is 3.26. The maximum atomic E-state index is 13.1. The second kappa shape index (κ2) is 8.50. The summed E-state index contributed by atoms with van der Waals surface area (Å²) in [6.45, 7) is 9.51. The Bertz CT molecular complexity index is 521. The van der Waals surface area contributed by atoms with Crippen LogP contribution in [0.25, 0.3) is 0 Å². The van der Waals surface area contributed by atoms with E-state index in [1.54, 1.807) is 11.8 Å². The van der Waals surface area contributed by atoms with Crippen molar-refractivity contribution < 1.29 is 18.7 Å². The normalized spacial score (nSPS) is 12.2. The second-order valence-corrected chi connectivity index (χ2v) is 5.78. The van der Waals surface area contributed by atoms with Crippen LogP contribution < -0.4 is 5.32 Å². The summed E-state index contributed by atoms with van der Waals surface area (Å²) in [5, 5.41) is 2.57. The van der Waals surface area contributed by atoms with Gasteiger partial charge in [-0.05, 0) is 52.3 Å². The molecule has 0 aliphatic rings. The topological polar surface area (TPSA) is 58.6 Å². The largest absolute Gasteiger partial charge is 0.450 e. The summed E-state index contributed by atoms with van der Waals surface area (Å²) in [6.07, 6.45) is -0.678. The van der Waals surface area contributed by atoms with E-state index in [0.717, 1.165) is 0 Å². The lowest BCUT2D eigenvalue weighted by Crippen LogP contribution is -2.48. The molecule has 2 amide bonds. The molecule has 0 saturated heterocycles. The summed E-state index contributed by atoms with van der Waals surface area (Å²) in [6, 6.07) is 4.52. The Morgan fingerprint density at radius 3 is 2.09 bits per heavy atom. The Hall–Kier alpha value is -2.11. The van der Waals surface area contributed by atoms with E-state index in [9.17, 15) is 14.0 Å². The van der Waals surface area contributed by atoms with Crippen molar-refractivity contribution in [1.29, 1.82) is 0 Å². The van der Waals surface area contributed by atoms with Crippen molar-refractivity contribution in [3.05, 3.63) is 35.6 Å². The SMILES string of the molecule is CCOC(=O)NC(C(=O)N(C(C)C)C(C)C)c1ccc(F)cc1. The number of halogens is 1. The summed E-state index contributed by atoms with van der Waals surface area (Å²) >= 11 is 0. The van der Waals surface area contributed by atoms with Crippen molar-refractivity contribution in [2.75, 3.05) is 6.61 Å². The average Bonchev–Trinajstić information content (AvgIpc) is 2.45. The summed E-state index contributed by atoms with van der Waals surface area (Å²) in [5.41, 5.74) is 0.510. The molecule has 23 heavy (non-hydrogen) atoms. The highest BCUT2D eigenvalue weighted by molar-refractivity contribution is 5.87. The highest BCUT2D eigenvalue weighted by Gasteiger charge is 2.30. The van der Waals surface area contributed by atoms with Crippen LogP contribution in [-0.2, 0) is 9.53 Å². The average molecular weight is 324 g/mol. The Kier molecular flexibility index (Phi) is 7.00. The maximum Gasteiger partial charge on any atom is 0.408 e. The van der Waals surface area contributed by atoms with Gasteiger partial charge in [0.25, 0.3) is 0 Å². The summed E-state index contributed by atoms with van der Waals surface area (Å²) in [7, 11) is 0. The maximum absolute atomic E-state index is 13.1. The van der Waals surface area contributed by atoms with Crippen LogP contribution in [0, 0.1) is 5.82 Å². The molecule has 0 spiro atoms. The van der Waals surface area contributed by atoms with Crippen molar-refractivity contribution in [3.8, 4) is 0 Å². The fourth-order valence-corrected chi connectivity index (χ4v) is 2.49. The van der Waals surface area contributed by atoms with E-state index >= 15 is 0 Å². The van der Waals surface area contributed by atoms with Gasteiger partial charge in [0.05, 0.1) is 6.61 Å². The van der Waals surface area contributed by atoms with Gasteiger partial charge in [0, 0.05) is 12.1 Å². The second-order valence-electron chi connectivity index (χ2n) is 5.78. The number of hydrogen-bond acceptors (Lipinski definition) is 3. The van der Waals surface area contributed by atoms with Crippen molar-refractivity contribution >= 4 is 12.0 Å². The molecule has 1 unspecified atom stereocenters. The third kappa shape index (κ3) is 5.23. The van der Waals surface area contributed by atoms with Crippen LogP contribution in [0.4, 0.5) is 9.18 Å². The highest BCUT2D eigenvalue weighted by Crippen LogP contribution is 2.20. The zero-order chi connectivity index (χ0) is 17.6. The minimum atomic E-state index is -0.917. The standard InChI is InChI=1S/C17H25FN2O3/c1-6-23-17(22)19-15(13-7-9-14(18)10-8-13)16(21)20(11(2)3)12(4)5/h7-12,15H,6H2,1-5H3,(H,19,22). The number of rotatable bonds is 6. The quantitative estimate of drug-likeness (QED) is 0.874. The molecule has 0 heterocycles. The summed E-state index contributed by atoms with van der Waals surface area (Å²) in [5.74, 6) is -0.657. The molecule has 1 atom stereocenters. The van der Waals surface area contributed by atoms with Gasteiger partial charge >= 0.3 is 6.09 Å². The Morgan fingerprint density at radius 1 is 1.13 bits per heavy atom. The van der Waals surface area contributed by atoms with Gasteiger partial charge in [0.2, 0.25) is 5.91 Å². The van der Waals surface area contributed by atoms with Gasteiger partial charge in [-0.1, -0.05) is 12.1 Å². The van der Waals surface area contributed by atoms with E-state index in [4.69, 9.17) is 4.74 Å². The summed E-state index contributed by atoms with van der Waals surface area (Å²) < 4.78 is 18.0. The Labute approximate surface area is 136 Å².